The van der Waals surface area contributed by atoms with Crippen molar-refractivity contribution in [3.63, 3.8) is 0 Å². The Morgan fingerprint density at radius 3 is 2.76 bits per heavy atom. The summed E-state index contributed by atoms with van der Waals surface area (Å²) >= 11 is 0. The van der Waals surface area contributed by atoms with Gasteiger partial charge in [-0.2, -0.15) is 0 Å². The molecular weight excluding hydrogens is 266 g/mol. The van der Waals surface area contributed by atoms with Gasteiger partial charge in [0.1, 0.15) is 18.8 Å². The van der Waals surface area contributed by atoms with Gasteiger partial charge < -0.3 is 19.5 Å². The lowest BCUT2D eigenvalue weighted by Gasteiger charge is -2.31. The summed E-state index contributed by atoms with van der Waals surface area (Å²) in [5.41, 5.74) is 1.13. The summed E-state index contributed by atoms with van der Waals surface area (Å²) in [7, 11) is 0. The molecule has 1 aromatic rings. The van der Waals surface area contributed by atoms with Crippen LogP contribution < -0.4 is 14.7 Å². The average Bonchev–Trinajstić information content (AvgIpc) is 2.48. The van der Waals surface area contributed by atoms with Crippen LogP contribution in [0, 0.1) is 0 Å². The van der Waals surface area contributed by atoms with Gasteiger partial charge in [-0.25, -0.2) is 0 Å². The number of nitrogens with one attached hydrogen (secondary N) is 1. The molecule has 1 N–H and O–H groups in total. The molecule has 1 aliphatic carbocycles. The molecule has 1 aliphatic rings. The summed E-state index contributed by atoms with van der Waals surface area (Å²) in [4.78, 5) is 12.2. The number of benzene rings is 1. The molecule has 2 rings (SSSR count). The van der Waals surface area contributed by atoms with Crippen LogP contribution in [0.1, 0.15) is 44.6 Å². The highest BCUT2D eigenvalue weighted by Crippen LogP contribution is 2.16. The second-order valence-corrected chi connectivity index (χ2v) is 5.80. The molecule has 0 radical (unpaired) electrons. The Kier molecular flexibility index (Phi) is 6.05. The van der Waals surface area contributed by atoms with Gasteiger partial charge in [0.05, 0.1) is 18.6 Å². The summed E-state index contributed by atoms with van der Waals surface area (Å²) in [5.74, 6) is -0.108. The molecule has 0 bridgehead atoms. The van der Waals surface area contributed by atoms with Crippen molar-refractivity contribution >= 4 is 5.97 Å². The topological polar surface area (TPSA) is 53.8 Å². The minimum Gasteiger partial charge on any atom is -0.544 e. The van der Waals surface area contributed by atoms with Crippen LogP contribution in [0.2, 0.25) is 0 Å². The van der Waals surface area contributed by atoms with E-state index in [0.29, 0.717) is 12.6 Å². The van der Waals surface area contributed by atoms with Gasteiger partial charge in [-0.15, -0.1) is 0 Å². The Morgan fingerprint density at radius 1 is 1.33 bits per heavy atom. The fourth-order valence-electron chi connectivity index (χ4n) is 3.22. The normalized spacial score (nSPS) is 17.4. The molecule has 0 spiro atoms. The van der Waals surface area contributed by atoms with Crippen LogP contribution in [-0.4, -0.2) is 25.2 Å². The minimum absolute atomic E-state index is 0.0868. The second kappa shape index (κ2) is 8.03. The molecule has 21 heavy (non-hydrogen) atoms. The van der Waals surface area contributed by atoms with Gasteiger partial charge in [0.25, 0.3) is 0 Å². The van der Waals surface area contributed by atoms with E-state index in [-0.39, 0.29) is 6.54 Å². The number of rotatable bonds is 7. The number of hydrogen-bond acceptors (Lipinski definition) is 3. The van der Waals surface area contributed by atoms with Crippen LogP contribution in [-0.2, 0) is 11.3 Å². The van der Waals surface area contributed by atoms with E-state index in [4.69, 9.17) is 4.74 Å². The van der Waals surface area contributed by atoms with Crippen LogP contribution in [0.5, 0.6) is 5.75 Å². The minimum atomic E-state index is -0.962. The standard InChI is InChI=1S/C17H25NO3/c1-2-21-16-10-6-7-14(11-16)12-18(13-17(19)20)15-8-4-3-5-9-15/h6-7,10-11,15H,2-5,8-9,12-13H2,1H3,(H,19,20). The van der Waals surface area contributed by atoms with Crippen LogP contribution in [0.4, 0.5) is 0 Å². The van der Waals surface area contributed by atoms with Gasteiger partial charge in [0.2, 0.25) is 0 Å². The molecule has 0 saturated heterocycles. The highest BCUT2D eigenvalue weighted by atomic mass is 16.5. The van der Waals surface area contributed by atoms with Crippen LogP contribution in [0.15, 0.2) is 24.3 Å². The predicted octanol–water partition coefficient (Wildman–Crippen LogP) is 0.553. The average molecular weight is 291 g/mol. The van der Waals surface area contributed by atoms with Gasteiger partial charge in [0.15, 0.2) is 0 Å². The van der Waals surface area contributed by atoms with Crippen molar-refractivity contribution in [3.05, 3.63) is 29.8 Å². The molecule has 4 heteroatoms. The number of quaternary nitrogens is 1. The largest absolute Gasteiger partial charge is 0.544 e. The van der Waals surface area contributed by atoms with Gasteiger partial charge >= 0.3 is 0 Å². The van der Waals surface area contributed by atoms with Gasteiger partial charge in [-0.05, 0) is 44.7 Å². The third-order valence-corrected chi connectivity index (χ3v) is 4.19. The fraction of sp³-hybridized carbons (Fsp3) is 0.588. The highest BCUT2D eigenvalue weighted by molar-refractivity contribution is 5.65. The van der Waals surface area contributed by atoms with E-state index < -0.39 is 5.97 Å². The maximum atomic E-state index is 11.1. The number of carboxylic acid groups (broad SMARTS) is 1. The van der Waals surface area contributed by atoms with Crippen LogP contribution in [0.3, 0.4) is 0 Å². The predicted molar refractivity (Wildman–Crippen MR) is 79.0 cm³/mol. The summed E-state index contributed by atoms with van der Waals surface area (Å²) in [6.07, 6.45) is 5.93. The fourth-order valence-corrected chi connectivity index (χ4v) is 3.22. The number of aliphatic carboxylic acids is 1. The van der Waals surface area contributed by atoms with Crippen molar-refractivity contribution in [2.75, 3.05) is 13.2 Å². The number of carbonyl (C=O) groups excluding carboxylic acids is 1. The van der Waals surface area contributed by atoms with Crippen molar-refractivity contribution in [1.29, 1.82) is 0 Å². The van der Waals surface area contributed by atoms with Crippen molar-refractivity contribution in [3.8, 4) is 5.75 Å². The van der Waals surface area contributed by atoms with Gasteiger partial charge in [-0.3, -0.25) is 0 Å². The van der Waals surface area contributed by atoms with Crippen LogP contribution >= 0.6 is 0 Å². The van der Waals surface area contributed by atoms with Crippen molar-refractivity contribution in [1.82, 2.24) is 0 Å². The number of carboxylic acids is 1. The summed E-state index contributed by atoms with van der Waals surface area (Å²) < 4.78 is 5.52. The molecule has 1 unspecified atom stereocenters. The monoisotopic (exact) mass is 291 g/mol. The Bertz CT molecular complexity index is 455. The van der Waals surface area contributed by atoms with Gasteiger partial charge in [-0.1, -0.05) is 18.6 Å². The Labute approximate surface area is 126 Å². The summed E-state index contributed by atoms with van der Waals surface area (Å²) in [6.45, 7) is 3.41. The molecule has 1 saturated carbocycles. The molecule has 0 amide bonds. The lowest BCUT2D eigenvalue weighted by molar-refractivity contribution is -0.934. The van der Waals surface area contributed by atoms with E-state index in [0.717, 1.165) is 35.6 Å². The molecule has 1 atom stereocenters. The quantitative estimate of drug-likeness (QED) is 0.798. The Balaban J connectivity index is 2.06. The third-order valence-electron chi connectivity index (χ3n) is 4.19. The maximum absolute atomic E-state index is 11.1. The van der Waals surface area contributed by atoms with E-state index in [1.54, 1.807) is 0 Å². The number of carbonyl (C=O) groups is 1. The lowest BCUT2D eigenvalue weighted by atomic mass is 9.94. The zero-order valence-electron chi connectivity index (χ0n) is 12.8. The molecule has 0 aromatic heterocycles. The third kappa shape index (κ3) is 5.05. The van der Waals surface area contributed by atoms with E-state index in [9.17, 15) is 9.90 Å². The lowest BCUT2D eigenvalue weighted by Crippen LogP contribution is -3.15. The molecule has 0 aliphatic heterocycles. The molecule has 0 heterocycles. The van der Waals surface area contributed by atoms with Gasteiger partial charge in [0, 0.05) is 5.56 Å². The first kappa shape index (κ1) is 15.8. The maximum Gasteiger partial charge on any atom is 0.119 e. The van der Waals surface area contributed by atoms with E-state index >= 15 is 0 Å². The van der Waals surface area contributed by atoms with E-state index in [1.807, 2.05) is 31.2 Å². The highest BCUT2D eigenvalue weighted by Gasteiger charge is 2.24. The first-order chi connectivity index (χ1) is 10.2. The summed E-state index contributed by atoms with van der Waals surface area (Å²) in [5, 5.41) is 11.1. The molecule has 1 aromatic carbocycles. The Hall–Kier alpha value is -1.55. The Morgan fingerprint density at radius 2 is 2.10 bits per heavy atom. The van der Waals surface area contributed by atoms with E-state index in [2.05, 4.69) is 0 Å². The molecular formula is C17H25NO3. The van der Waals surface area contributed by atoms with Crippen LogP contribution in [0.25, 0.3) is 0 Å². The SMILES string of the molecule is CCOc1cccc(C[NH+](CC(=O)[O-])C2CCCCC2)c1. The second-order valence-electron chi connectivity index (χ2n) is 5.80. The first-order valence-corrected chi connectivity index (χ1v) is 7.95. The summed E-state index contributed by atoms with van der Waals surface area (Å²) in [6, 6.07) is 8.40. The molecule has 116 valence electrons. The zero-order chi connectivity index (χ0) is 15.1. The molecule has 1 fully saturated rings. The van der Waals surface area contributed by atoms with E-state index in [1.165, 1.54) is 19.3 Å². The first-order valence-electron chi connectivity index (χ1n) is 7.95. The molecule has 4 nitrogen and oxygen atoms in total. The number of ether oxygens (including phenoxy) is 1. The number of hydrogen-bond donors (Lipinski definition) is 1. The smallest absolute Gasteiger partial charge is 0.119 e. The van der Waals surface area contributed by atoms with Crippen molar-refractivity contribution in [2.45, 2.75) is 51.6 Å². The van der Waals surface area contributed by atoms with Crippen molar-refractivity contribution < 1.29 is 19.5 Å². The van der Waals surface area contributed by atoms with Crippen molar-refractivity contribution in [2.24, 2.45) is 0 Å². The zero-order valence-corrected chi connectivity index (χ0v) is 12.8.